The molecule has 1 saturated carbocycles. The molecule has 5 nitrogen and oxygen atoms in total. The zero-order valence-corrected chi connectivity index (χ0v) is 16.1. The lowest BCUT2D eigenvalue weighted by Gasteiger charge is -2.28. The van der Waals surface area contributed by atoms with Crippen molar-refractivity contribution in [2.45, 2.75) is 57.9 Å². The summed E-state index contributed by atoms with van der Waals surface area (Å²) in [4.78, 5) is 12.7. The molecule has 142 valence electrons. The van der Waals surface area contributed by atoms with Gasteiger partial charge in [-0.2, -0.15) is 0 Å². The number of halogens is 1. The van der Waals surface area contributed by atoms with Crippen LogP contribution in [0.5, 0.6) is 11.5 Å². The summed E-state index contributed by atoms with van der Waals surface area (Å²) in [7, 11) is 0. The molecule has 1 aromatic rings. The Kier molecular flexibility index (Phi) is 9.08. The van der Waals surface area contributed by atoms with Crippen molar-refractivity contribution in [1.29, 1.82) is 0 Å². The van der Waals surface area contributed by atoms with Crippen molar-refractivity contribution >= 4 is 18.3 Å². The fraction of sp³-hybridized carbons (Fsp3) is 0.632. The molecule has 1 aliphatic carbocycles. The van der Waals surface area contributed by atoms with Gasteiger partial charge in [0.25, 0.3) is 5.91 Å². The molecule has 1 amide bonds. The summed E-state index contributed by atoms with van der Waals surface area (Å²) in [5, 5.41) is 3.14. The van der Waals surface area contributed by atoms with E-state index in [0.717, 1.165) is 38.5 Å². The first-order valence-electron chi connectivity index (χ1n) is 9.06. The van der Waals surface area contributed by atoms with Crippen LogP contribution in [0.15, 0.2) is 18.2 Å². The van der Waals surface area contributed by atoms with Crippen LogP contribution in [0.1, 0.15) is 62.7 Å². The maximum atomic E-state index is 12.7. The van der Waals surface area contributed by atoms with Crippen LogP contribution in [0, 0.1) is 0 Å². The molecule has 2 rings (SSSR count). The largest absolute Gasteiger partial charge is 0.490 e. The Labute approximate surface area is 157 Å². The summed E-state index contributed by atoms with van der Waals surface area (Å²) in [5.74, 6) is 1.23. The molecular weight excluding hydrogens is 340 g/mol. The van der Waals surface area contributed by atoms with Crippen LogP contribution in [0.2, 0.25) is 0 Å². The van der Waals surface area contributed by atoms with Gasteiger partial charge in [0, 0.05) is 12.1 Å². The van der Waals surface area contributed by atoms with Gasteiger partial charge in [-0.3, -0.25) is 4.79 Å². The van der Waals surface area contributed by atoms with E-state index in [0.29, 0.717) is 36.8 Å². The summed E-state index contributed by atoms with van der Waals surface area (Å²) >= 11 is 0. The zero-order valence-electron chi connectivity index (χ0n) is 15.3. The van der Waals surface area contributed by atoms with Gasteiger partial charge in [-0.05, 0) is 43.9 Å². The number of hydrogen-bond acceptors (Lipinski definition) is 4. The van der Waals surface area contributed by atoms with Crippen LogP contribution in [-0.4, -0.2) is 31.2 Å². The number of carbonyl (C=O) groups excluding carboxylic acids is 1. The number of hydrogen-bond donors (Lipinski definition) is 2. The normalized spacial score (nSPS) is 15.3. The maximum Gasteiger partial charge on any atom is 0.251 e. The first kappa shape index (κ1) is 21.6. The highest BCUT2D eigenvalue weighted by molar-refractivity contribution is 5.95. The molecule has 0 aliphatic heterocycles. The average molecular weight is 371 g/mol. The molecule has 0 heterocycles. The number of nitrogens with two attached hydrogens (primary N) is 1. The molecule has 1 fully saturated rings. The molecule has 1 aliphatic rings. The van der Waals surface area contributed by atoms with Gasteiger partial charge >= 0.3 is 0 Å². The molecule has 0 atom stereocenters. The van der Waals surface area contributed by atoms with Gasteiger partial charge in [-0.1, -0.05) is 26.7 Å². The molecule has 6 heteroatoms. The smallest absolute Gasteiger partial charge is 0.251 e. The van der Waals surface area contributed by atoms with Crippen molar-refractivity contribution in [2.75, 3.05) is 19.8 Å². The van der Waals surface area contributed by atoms with E-state index in [1.165, 1.54) is 0 Å². The van der Waals surface area contributed by atoms with Crippen LogP contribution >= 0.6 is 12.4 Å². The second-order valence-corrected chi connectivity index (χ2v) is 6.50. The highest BCUT2D eigenvalue weighted by Crippen LogP contribution is 2.31. The predicted octanol–water partition coefficient (Wildman–Crippen LogP) is 3.69. The predicted molar refractivity (Wildman–Crippen MR) is 103 cm³/mol. The molecule has 0 aromatic heterocycles. The van der Waals surface area contributed by atoms with Gasteiger partial charge in [0.2, 0.25) is 0 Å². The van der Waals surface area contributed by atoms with Gasteiger partial charge in [0.05, 0.1) is 18.8 Å². The number of rotatable bonds is 9. The third kappa shape index (κ3) is 5.79. The quantitative estimate of drug-likeness (QED) is 0.695. The highest BCUT2D eigenvalue weighted by atomic mass is 35.5. The van der Waals surface area contributed by atoms with Crippen molar-refractivity contribution in [2.24, 2.45) is 5.73 Å². The van der Waals surface area contributed by atoms with Gasteiger partial charge in [0.15, 0.2) is 11.5 Å². The second kappa shape index (κ2) is 10.5. The van der Waals surface area contributed by atoms with E-state index in [4.69, 9.17) is 15.2 Å². The lowest BCUT2D eigenvalue weighted by atomic mass is 9.97. The minimum atomic E-state index is -0.251. The Morgan fingerprint density at radius 1 is 1.12 bits per heavy atom. The monoisotopic (exact) mass is 370 g/mol. The van der Waals surface area contributed by atoms with E-state index in [1.54, 1.807) is 12.1 Å². The van der Waals surface area contributed by atoms with Crippen molar-refractivity contribution in [3.8, 4) is 11.5 Å². The lowest BCUT2D eigenvalue weighted by Crippen LogP contribution is -2.51. The first-order chi connectivity index (χ1) is 11.6. The van der Waals surface area contributed by atoms with Gasteiger partial charge in [-0.15, -0.1) is 12.4 Å². The SMILES string of the molecule is CCCOc1ccc(C(=O)NC2(CN)CCCC2)cc1OCCC.Cl. The summed E-state index contributed by atoms with van der Waals surface area (Å²) < 4.78 is 11.5. The lowest BCUT2D eigenvalue weighted by molar-refractivity contribution is 0.0902. The van der Waals surface area contributed by atoms with Gasteiger partial charge in [-0.25, -0.2) is 0 Å². The number of amides is 1. The molecule has 0 saturated heterocycles. The van der Waals surface area contributed by atoms with E-state index >= 15 is 0 Å². The van der Waals surface area contributed by atoms with E-state index in [1.807, 2.05) is 13.0 Å². The van der Waals surface area contributed by atoms with Crippen LogP contribution in [0.3, 0.4) is 0 Å². The molecule has 1 aromatic carbocycles. The first-order valence-corrected chi connectivity index (χ1v) is 9.06. The molecule has 3 N–H and O–H groups in total. The Balaban J connectivity index is 0.00000312. The van der Waals surface area contributed by atoms with Crippen molar-refractivity contribution < 1.29 is 14.3 Å². The Hall–Kier alpha value is -1.46. The van der Waals surface area contributed by atoms with Crippen LogP contribution in [-0.2, 0) is 0 Å². The third-order valence-electron chi connectivity index (χ3n) is 4.46. The highest BCUT2D eigenvalue weighted by Gasteiger charge is 2.34. The molecule has 0 radical (unpaired) electrons. The van der Waals surface area contributed by atoms with E-state index in [9.17, 15) is 4.79 Å². The standard InChI is InChI=1S/C19H30N2O3.ClH/c1-3-11-23-16-8-7-15(13-17(16)24-12-4-2)18(22)21-19(14-20)9-5-6-10-19;/h7-8,13H,3-6,9-12,14,20H2,1-2H3,(H,21,22);1H. The summed E-state index contributed by atoms with van der Waals surface area (Å²) in [6, 6.07) is 5.38. The van der Waals surface area contributed by atoms with E-state index in [-0.39, 0.29) is 23.9 Å². The Bertz CT molecular complexity index is 545. The average Bonchev–Trinajstić information content (AvgIpc) is 3.07. The van der Waals surface area contributed by atoms with Gasteiger partial charge in [0.1, 0.15) is 0 Å². The third-order valence-corrected chi connectivity index (χ3v) is 4.46. The number of ether oxygens (including phenoxy) is 2. The molecular formula is C19H31ClN2O3. The fourth-order valence-electron chi connectivity index (χ4n) is 3.05. The van der Waals surface area contributed by atoms with Crippen molar-refractivity contribution in [1.82, 2.24) is 5.32 Å². The maximum absolute atomic E-state index is 12.7. The topological polar surface area (TPSA) is 73.6 Å². The minimum absolute atomic E-state index is 0. The van der Waals surface area contributed by atoms with Crippen molar-refractivity contribution in [3.63, 3.8) is 0 Å². The fourth-order valence-corrected chi connectivity index (χ4v) is 3.05. The second-order valence-electron chi connectivity index (χ2n) is 6.50. The molecule has 0 bridgehead atoms. The van der Waals surface area contributed by atoms with Crippen LogP contribution in [0.25, 0.3) is 0 Å². The Morgan fingerprint density at radius 2 is 1.72 bits per heavy atom. The number of benzene rings is 1. The van der Waals surface area contributed by atoms with Gasteiger partial charge < -0.3 is 20.5 Å². The molecule has 0 unspecified atom stereocenters. The summed E-state index contributed by atoms with van der Waals surface area (Å²) in [6.07, 6.45) is 5.96. The summed E-state index contributed by atoms with van der Waals surface area (Å²) in [6.45, 7) is 5.82. The summed E-state index contributed by atoms with van der Waals surface area (Å²) in [5.41, 5.74) is 6.25. The zero-order chi connectivity index (χ0) is 17.4. The van der Waals surface area contributed by atoms with E-state index in [2.05, 4.69) is 12.2 Å². The molecule has 0 spiro atoms. The molecule has 25 heavy (non-hydrogen) atoms. The van der Waals surface area contributed by atoms with Crippen LogP contribution < -0.4 is 20.5 Å². The van der Waals surface area contributed by atoms with E-state index < -0.39 is 0 Å². The Morgan fingerprint density at radius 3 is 2.28 bits per heavy atom. The minimum Gasteiger partial charge on any atom is -0.490 e. The number of carbonyl (C=O) groups is 1. The number of nitrogens with one attached hydrogen (secondary N) is 1. The van der Waals surface area contributed by atoms with Crippen molar-refractivity contribution in [3.05, 3.63) is 23.8 Å². The van der Waals surface area contributed by atoms with Crippen LogP contribution in [0.4, 0.5) is 0 Å².